The summed E-state index contributed by atoms with van der Waals surface area (Å²) >= 11 is 1.54. The van der Waals surface area contributed by atoms with E-state index >= 15 is 0 Å². The normalized spacial score (nSPS) is 14.6. The Balaban J connectivity index is 1.71. The van der Waals surface area contributed by atoms with Crippen LogP contribution in [0.15, 0.2) is 50.9 Å². The summed E-state index contributed by atoms with van der Waals surface area (Å²) in [6.07, 6.45) is 0. The lowest BCUT2D eigenvalue weighted by Crippen LogP contribution is -2.52. The summed E-state index contributed by atoms with van der Waals surface area (Å²) in [4.78, 5) is 43.1. The molecule has 0 radical (unpaired) electrons. The third-order valence-electron chi connectivity index (χ3n) is 5.24. The van der Waals surface area contributed by atoms with Gasteiger partial charge in [0.1, 0.15) is 5.82 Å². The fraction of sp³-hybridized carbons (Fsp3) is 0.500. The Bertz CT molecular complexity index is 990. The molecular weight excluding hydrogens is 400 g/mol. The molecule has 0 aliphatic carbocycles. The molecule has 1 fully saturated rings. The number of benzene rings is 1. The summed E-state index contributed by atoms with van der Waals surface area (Å²) in [6, 6.07) is 11.2. The summed E-state index contributed by atoms with van der Waals surface area (Å²) in [5, 5.41) is 0. The molecule has 0 atom stereocenters. The Kier molecular flexibility index (Phi) is 7.07. The number of hydrogen-bond acceptors (Lipinski definition) is 5. The summed E-state index contributed by atoms with van der Waals surface area (Å²) in [5.74, 6) is 1.16. The number of piperazine rings is 1. The van der Waals surface area contributed by atoms with Gasteiger partial charge < -0.3 is 9.80 Å². The molecule has 1 aliphatic heterocycles. The van der Waals surface area contributed by atoms with E-state index in [-0.39, 0.29) is 29.2 Å². The third kappa shape index (κ3) is 4.80. The molecule has 0 spiro atoms. The number of amides is 1. The van der Waals surface area contributed by atoms with Crippen molar-refractivity contribution in [3.8, 4) is 0 Å². The summed E-state index contributed by atoms with van der Waals surface area (Å²) in [6.45, 7) is 9.91. The Labute approximate surface area is 181 Å². The highest BCUT2D eigenvalue weighted by atomic mass is 32.2. The van der Waals surface area contributed by atoms with Gasteiger partial charge in [0.15, 0.2) is 0 Å². The molecule has 2 heterocycles. The van der Waals surface area contributed by atoms with Crippen LogP contribution < -0.4 is 16.1 Å². The predicted molar refractivity (Wildman–Crippen MR) is 122 cm³/mol. The van der Waals surface area contributed by atoms with E-state index in [4.69, 9.17) is 0 Å². The second-order valence-electron chi connectivity index (χ2n) is 8.02. The molecule has 0 saturated carbocycles. The van der Waals surface area contributed by atoms with Crippen molar-refractivity contribution in [2.24, 2.45) is 0 Å². The number of rotatable bonds is 6. The van der Waals surface area contributed by atoms with Gasteiger partial charge in [-0.05, 0) is 39.8 Å². The molecule has 2 aromatic rings. The summed E-state index contributed by atoms with van der Waals surface area (Å²) in [7, 11) is 0. The molecule has 0 N–H and O–H groups in total. The Morgan fingerprint density at radius 1 is 0.933 bits per heavy atom. The maximum atomic E-state index is 13.0. The van der Waals surface area contributed by atoms with Crippen LogP contribution in [0.3, 0.4) is 0 Å². The number of carbonyl (C=O) groups is 1. The zero-order valence-corrected chi connectivity index (χ0v) is 18.9. The fourth-order valence-electron chi connectivity index (χ4n) is 3.70. The van der Waals surface area contributed by atoms with Crippen LogP contribution in [0.4, 0.5) is 5.82 Å². The molecule has 8 heteroatoms. The average molecular weight is 431 g/mol. The summed E-state index contributed by atoms with van der Waals surface area (Å²) < 4.78 is 2.98. The lowest BCUT2D eigenvalue weighted by molar-refractivity contribution is -0.128. The first-order valence-electron chi connectivity index (χ1n) is 10.4. The standard InChI is InChI=1S/C22H30N4O3S/c1-16(2)25-19(14-20(27)26(17(3)4)22(25)29)23-10-12-24(13-11-23)21(28)15-30-18-8-6-5-7-9-18/h5-9,14,16-17H,10-13,15H2,1-4H3. The zero-order chi connectivity index (χ0) is 21.8. The molecule has 1 aromatic carbocycles. The van der Waals surface area contributed by atoms with E-state index in [0.717, 1.165) is 4.90 Å². The van der Waals surface area contributed by atoms with Gasteiger partial charge in [0.05, 0.1) is 5.75 Å². The second kappa shape index (κ2) is 9.55. The van der Waals surface area contributed by atoms with Crippen LogP contribution in [-0.4, -0.2) is 51.9 Å². The minimum Gasteiger partial charge on any atom is -0.354 e. The molecule has 0 bridgehead atoms. The van der Waals surface area contributed by atoms with Gasteiger partial charge in [-0.1, -0.05) is 18.2 Å². The third-order valence-corrected chi connectivity index (χ3v) is 6.24. The lowest BCUT2D eigenvalue weighted by Gasteiger charge is -2.37. The first kappa shape index (κ1) is 22.2. The Hall–Kier alpha value is -2.48. The molecule has 162 valence electrons. The number of aromatic nitrogens is 2. The van der Waals surface area contributed by atoms with E-state index in [1.54, 1.807) is 10.6 Å². The quantitative estimate of drug-likeness (QED) is 0.659. The Morgan fingerprint density at radius 3 is 2.10 bits per heavy atom. The maximum absolute atomic E-state index is 13.0. The first-order chi connectivity index (χ1) is 14.3. The van der Waals surface area contributed by atoms with Crippen LogP contribution in [0.25, 0.3) is 0 Å². The molecule has 0 unspecified atom stereocenters. The van der Waals surface area contributed by atoms with Crippen molar-refractivity contribution in [1.29, 1.82) is 0 Å². The monoisotopic (exact) mass is 430 g/mol. The van der Waals surface area contributed by atoms with Crippen molar-refractivity contribution in [1.82, 2.24) is 14.0 Å². The van der Waals surface area contributed by atoms with Crippen molar-refractivity contribution in [2.75, 3.05) is 36.8 Å². The van der Waals surface area contributed by atoms with E-state index in [9.17, 15) is 14.4 Å². The van der Waals surface area contributed by atoms with Crippen LogP contribution in [0.2, 0.25) is 0 Å². The van der Waals surface area contributed by atoms with Crippen molar-refractivity contribution in [3.63, 3.8) is 0 Å². The number of thioether (sulfide) groups is 1. The topological polar surface area (TPSA) is 67.5 Å². The van der Waals surface area contributed by atoms with E-state index in [0.29, 0.717) is 37.7 Å². The van der Waals surface area contributed by atoms with Gasteiger partial charge in [-0.15, -0.1) is 11.8 Å². The van der Waals surface area contributed by atoms with E-state index in [2.05, 4.69) is 0 Å². The number of hydrogen-bond donors (Lipinski definition) is 0. The Morgan fingerprint density at radius 2 is 1.53 bits per heavy atom. The highest BCUT2D eigenvalue weighted by Crippen LogP contribution is 2.20. The number of nitrogens with zero attached hydrogens (tertiary/aromatic N) is 4. The van der Waals surface area contributed by atoms with Crippen molar-refractivity contribution < 1.29 is 4.79 Å². The van der Waals surface area contributed by atoms with E-state index in [1.807, 2.05) is 67.8 Å². The molecule has 1 aliphatic rings. The number of anilines is 1. The SMILES string of the molecule is CC(C)n1c(N2CCN(C(=O)CSc3ccccc3)CC2)cc(=O)n(C(C)C)c1=O. The molecule has 7 nitrogen and oxygen atoms in total. The van der Waals surface area contributed by atoms with Crippen LogP contribution in [0, 0.1) is 0 Å². The van der Waals surface area contributed by atoms with Gasteiger partial charge in [0.2, 0.25) is 5.91 Å². The minimum atomic E-state index is -0.278. The molecule has 3 rings (SSSR count). The number of carbonyl (C=O) groups excluding carboxylic acids is 1. The van der Waals surface area contributed by atoms with Gasteiger partial charge in [0, 0.05) is 49.2 Å². The maximum Gasteiger partial charge on any atom is 0.333 e. The van der Waals surface area contributed by atoms with Crippen molar-refractivity contribution >= 4 is 23.5 Å². The molecular formula is C22H30N4O3S. The van der Waals surface area contributed by atoms with Crippen LogP contribution >= 0.6 is 11.8 Å². The van der Waals surface area contributed by atoms with E-state index < -0.39 is 0 Å². The molecule has 30 heavy (non-hydrogen) atoms. The van der Waals surface area contributed by atoms with Gasteiger partial charge in [-0.25, -0.2) is 4.79 Å². The first-order valence-corrected chi connectivity index (χ1v) is 11.4. The predicted octanol–water partition coefficient (Wildman–Crippen LogP) is 2.61. The van der Waals surface area contributed by atoms with Crippen LogP contribution in [0.5, 0.6) is 0 Å². The average Bonchev–Trinajstić information content (AvgIpc) is 2.71. The molecule has 1 amide bonds. The van der Waals surface area contributed by atoms with Gasteiger partial charge in [-0.3, -0.25) is 18.7 Å². The van der Waals surface area contributed by atoms with Crippen LogP contribution in [-0.2, 0) is 4.79 Å². The highest BCUT2D eigenvalue weighted by Gasteiger charge is 2.25. The van der Waals surface area contributed by atoms with E-state index in [1.165, 1.54) is 16.3 Å². The summed E-state index contributed by atoms with van der Waals surface area (Å²) in [5.41, 5.74) is -0.556. The second-order valence-corrected chi connectivity index (χ2v) is 9.07. The molecule has 1 aromatic heterocycles. The van der Waals surface area contributed by atoms with Crippen molar-refractivity contribution in [3.05, 3.63) is 57.2 Å². The smallest absolute Gasteiger partial charge is 0.333 e. The lowest BCUT2D eigenvalue weighted by atomic mass is 10.2. The fourth-order valence-corrected chi connectivity index (χ4v) is 4.52. The van der Waals surface area contributed by atoms with Gasteiger partial charge in [-0.2, -0.15) is 0 Å². The van der Waals surface area contributed by atoms with Gasteiger partial charge >= 0.3 is 5.69 Å². The van der Waals surface area contributed by atoms with Crippen molar-refractivity contribution in [2.45, 2.75) is 44.7 Å². The van der Waals surface area contributed by atoms with Crippen LogP contribution in [0.1, 0.15) is 39.8 Å². The highest BCUT2D eigenvalue weighted by molar-refractivity contribution is 8.00. The molecule has 1 saturated heterocycles. The minimum absolute atomic E-state index is 0.0694. The zero-order valence-electron chi connectivity index (χ0n) is 18.1. The largest absolute Gasteiger partial charge is 0.354 e. The van der Waals surface area contributed by atoms with Gasteiger partial charge in [0.25, 0.3) is 5.56 Å².